The van der Waals surface area contributed by atoms with Gasteiger partial charge >= 0.3 is 0 Å². The number of anilines is 1. The van der Waals surface area contributed by atoms with Crippen molar-refractivity contribution in [3.63, 3.8) is 0 Å². The van der Waals surface area contributed by atoms with E-state index in [1.165, 1.54) is 26.4 Å². The number of methoxy groups -OCH3 is 2. The molecule has 100 valence electrons. The number of nitrogens with one attached hydrogen (secondary N) is 2. The predicted octanol–water partition coefficient (Wildman–Crippen LogP) is 1.39. The van der Waals surface area contributed by atoms with Crippen LogP contribution in [0.3, 0.4) is 0 Å². The van der Waals surface area contributed by atoms with E-state index in [1.807, 2.05) is 0 Å². The molecule has 5 nitrogen and oxygen atoms in total. The van der Waals surface area contributed by atoms with Gasteiger partial charge in [0.25, 0.3) is 0 Å². The fraction of sp³-hybridized carbons (Fsp3) is 0.417. The van der Waals surface area contributed by atoms with Crippen molar-refractivity contribution in [2.75, 3.05) is 33.1 Å². The van der Waals surface area contributed by atoms with Crippen molar-refractivity contribution in [3.8, 4) is 11.5 Å². The van der Waals surface area contributed by atoms with Crippen LogP contribution in [0.2, 0.25) is 0 Å². The van der Waals surface area contributed by atoms with E-state index in [2.05, 4.69) is 10.6 Å². The van der Waals surface area contributed by atoms with Crippen LogP contribution in [0.5, 0.6) is 11.5 Å². The number of benzene rings is 1. The summed E-state index contributed by atoms with van der Waals surface area (Å²) in [4.78, 5) is 11.5. The third-order valence-corrected chi connectivity index (χ3v) is 2.35. The van der Waals surface area contributed by atoms with Gasteiger partial charge in [0.05, 0.1) is 19.9 Å². The Morgan fingerprint density at radius 1 is 1.28 bits per heavy atom. The fourth-order valence-corrected chi connectivity index (χ4v) is 1.41. The van der Waals surface area contributed by atoms with Crippen LogP contribution in [-0.4, -0.2) is 33.7 Å². The van der Waals surface area contributed by atoms with E-state index in [0.29, 0.717) is 18.7 Å². The summed E-state index contributed by atoms with van der Waals surface area (Å²) >= 11 is 0. The number of halogens is 1. The number of carbonyl (C=O) groups excluding carboxylic acids is 1. The Morgan fingerprint density at radius 3 is 2.50 bits per heavy atom. The molecule has 0 aliphatic carbocycles. The van der Waals surface area contributed by atoms with Gasteiger partial charge in [0, 0.05) is 25.1 Å². The Kier molecular flexibility index (Phi) is 5.38. The maximum Gasteiger partial charge on any atom is 0.225 e. The van der Waals surface area contributed by atoms with Gasteiger partial charge in [-0.1, -0.05) is 0 Å². The van der Waals surface area contributed by atoms with E-state index in [4.69, 9.17) is 9.47 Å². The average Bonchev–Trinajstić information content (AvgIpc) is 2.36. The summed E-state index contributed by atoms with van der Waals surface area (Å²) < 4.78 is 23.4. The van der Waals surface area contributed by atoms with E-state index in [9.17, 15) is 9.18 Å². The number of hydrogen-bond donors (Lipinski definition) is 2. The van der Waals surface area contributed by atoms with Gasteiger partial charge in [0.2, 0.25) is 5.91 Å². The lowest BCUT2D eigenvalue weighted by Gasteiger charge is -2.12. The van der Waals surface area contributed by atoms with Gasteiger partial charge in [-0.3, -0.25) is 4.79 Å². The molecule has 0 bridgehead atoms. The van der Waals surface area contributed by atoms with E-state index in [-0.39, 0.29) is 17.3 Å². The van der Waals surface area contributed by atoms with Gasteiger partial charge in [-0.2, -0.15) is 0 Å². The summed E-state index contributed by atoms with van der Waals surface area (Å²) in [6.45, 7) is 0.548. The van der Waals surface area contributed by atoms with Gasteiger partial charge in [-0.05, 0) is 7.05 Å². The second-order valence-corrected chi connectivity index (χ2v) is 3.59. The molecule has 6 heteroatoms. The van der Waals surface area contributed by atoms with Crippen LogP contribution in [0, 0.1) is 5.82 Å². The average molecular weight is 256 g/mol. The molecular weight excluding hydrogens is 239 g/mol. The van der Waals surface area contributed by atoms with Gasteiger partial charge in [-0.15, -0.1) is 0 Å². The lowest BCUT2D eigenvalue weighted by atomic mass is 10.2. The number of hydrogen-bond acceptors (Lipinski definition) is 4. The zero-order valence-electron chi connectivity index (χ0n) is 10.7. The zero-order valence-corrected chi connectivity index (χ0v) is 10.7. The maximum absolute atomic E-state index is 13.5. The second kappa shape index (κ2) is 6.80. The third kappa shape index (κ3) is 3.59. The molecule has 0 atom stereocenters. The molecule has 1 aromatic rings. The summed E-state index contributed by atoms with van der Waals surface area (Å²) in [7, 11) is 4.56. The minimum atomic E-state index is -0.554. The SMILES string of the molecule is CNCCC(=O)Nc1cc(F)c(OC)cc1OC. The van der Waals surface area contributed by atoms with Crippen LogP contribution in [0.15, 0.2) is 12.1 Å². The first-order valence-corrected chi connectivity index (χ1v) is 5.48. The number of rotatable bonds is 6. The van der Waals surface area contributed by atoms with Crippen LogP contribution in [0.1, 0.15) is 6.42 Å². The lowest BCUT2D eigenvalue weighted by Crippen LogP contribution is -2.19. The Hall–Kier alpha value is -1.82. The molecule has 2 N–H and O–H groups in total. The maximum atomic E-state index is 13.5. The molecule has 0 aromatic heterocycles. The molecular formula is C12H17FN2O3. The summed E-state index contributed by atoms with van der Waals surface area (Å²) in [5, 5.41) is 5.45. The highest BCUT2D eigenvalue weighted by atomic mass is 19.1. The van der Waals surface area contributed by atoms with Crippen molar-refractivity contribution >= 4 is 11.6 Å². The largest absolute Gasteiger partial charge is 0.494 e. The van der Waals surface area contributed by atoms with Crippen molar-refractivity contribution in [1.82, 2.24) is 5.32 Å². The zero-order chi connectivity index (χ0) is 13.5. The monoisotopic (exact) mass is 256 g/mol. The van der Waals surface area contributed by atoms with Crippen molar-refractivity contribution < 1.29 is 18.7 Å². The van der Waals surface area contributed by atoms with Gasteiger partial charge < -0.3 is 20.1 Å². The topological polar surface area (TPSA) is 59.6 Å². The van der Waals surface area contributed by atoms with Crippen LogP contribution >= 0.6 is 0 Å². The minimum absolute atomic E-state index is 0.0695. The standard InChI is InChI=1S/C12H17FN2O3/c1-14-5-4-12(16)15-9-6-8(13)10(17-2)7-11(9)18-3/h6-7,14H,4-5H2,1-3H3,(H,15,16). The molecule has 0 saturated heterocycles. The van der Waals surface area contributed by atoms with Crippen molar-refractivity contribution in [1.29, 1.82) is 0 Å². The quantitative estimate of drug-likeness (QED) is 0.807. The molecule has 1 rings (SSSR count). The van der Waals surface area contributed by atoms with Gasteiger partial charge in [-0.25, -0.2) is 4.39 Å². The van der Waals surface area contributed by atoms with E-state index >= 15 is 0 Å². The van der Waals surface area contributed by atoms with Gasteiger partial charge in [0.1, 0.15) is 5.75 Å². The summed E-state index contributed by atoms with van der Waals surface area (Å²) in [5.41, 5.74) is 0.289. The molecule has 0 unspecified atom stereocenters. The Bertz CT molecular complexity index is 424. The first-order valence-electron chi connectivity index (χ1n) is 5.48. The summed E-state index contributed by atoms with van der Waals surface area (Å²) in [6.07, 6.45) is 0.299. The normalized spacial score (nSPS) is 10.0. The first kappa shape index (κ1) is 14.2. The molecule has 0 aliphatic rings. The van der Waals surface area contributed by atoms with Crippen molar-refractivity contribution in [2.24, 2.45) is 0 Å². The summed E-state index contributed by atoms with van der Waals surface area (Å²) in [5.74, 6) is -0.347. The molecule has 0 radical (unpaired) electrons. The van der Waals surface area contributed by atoms with Crippen LogP contribution in [0.4, 0.5) is 10.1 Å². The lowest BCUT2D eigenvalue weighted by molar-refractivity contribution is -0.116. The second-order valence-electron chi connectivity index (χ2n) is 3.59. The van der Waals surface area contributed by atoms with E-state index in [0.717, 1.165) is 0 Å². The van der Waals surface area contributed by atoms with Gasteiger partial charge in [0.15, 0.2) is 11.6 Å². The van der Waals surface area contributed by atoms with E-state index < -0.39 is 5.82 Å². The minimum Gasteiger partial charge on any atom is -0.494 e. The molecule has 0 fully saturated rings. The van der Waals surface area contributed by atoms with Crippen molar-refractivity contribution in [2.45, 2.75) is 6.42 Å². The highest BCUT2D eigenvalue weighted by Gasteiger charge is 2.13. The highest BCUT2D eigenvalue weighted by Crippen LogP contribution is 2.31. The Balaban J connectivity index is 2.87. The molecule has 0 heterocycles. The predicted molar refractivity (Wildman–Crippen MR) is 66.7 cm³/mol. The summed E-state index contributed by atoms with van der Waals surface area (Å²) in [6, 6.07) is 2.57. The van der Waals surface area contributed by atoms with Crippen LogP contribution in [-0.2, 0) is 4.79 Å². The molecule has 18 heavy (non-hydrogen) atoms. The number of carbonyl (C=O) groups is 1. The number of ether oxygens (including phenoxy) is 2. The Morgan fingerprint density at radius 2 is 1.94 bits per heavy atom. The van der Waals surface area contributed by atoms with Crippen molar-refractivity contribution in [3.05, 3.63) is 17.9 Å². The first-order chi connectivity index (χ1) is 8.62. The molecule has 1 amide bonds. The Labute approximate surface area is 105 Å². The third-order valence-electron chi connectivity index (χ3n) is 2.35. The molecule has 1 aromatic carbocycles. The highest BCUT2D eigenvalue weighted by molar-refractivity contribution is 5.92. The molecule has 0 spiro atoms. The van der Waals surface area contributed by atoms with Crippen LogP contribution in [0.25, 0.3) is 0 Å². The smallest absolute Gasteiger partial charge is 0.225 e. The van der Waals surface area contributed by atoms with Crippen LogP contribution < -0.4 is 20.1 Å². The molecule has 0 aliphatic heterocycles. The molecule has 0 saturated carbocycles. The number of amides is 1. The fourth-order valence-electron chi connectivity index (χ4n) is 1.41. The van der Waals surface area contributed by atoms with E-state index in [1.54, 1.807) is 7.05 Å².